The second kappa shape index (κ2) is 5.23. The standard InChI is InChI=1S/C12H20N4O/c1-16(8-9-4-6-17-7-5-9)11-3-2-10(13)12(14)15-11/h2-3,9H,4-8,13H2,1H3,(H2,14,15). The summed E-state index contributed by atoms with van der Waals surface area (Å²) in [4.78, 5) is 6.42. The lowest BCUT2D eigenvalue weighted by atomic mass is 10.00. The molecule has 0 unspecified atom stereocenters. The Morgan fingerprint density at radius 1 is 1.35 bits per heavy atom. The molecule has 1 aromatic heterocycles. The number of hydrogen-bond donors (Lipinski definition) is 2. The number of rotatable bonds is 3. The van der Waals surface area contributed by atoms with Crippen LogP contribution < -0.4 is 16.4 Å². The van der Waals surface area contributed by atoms with Gasteiger partial charge in [-0.2, -0.15) is 0 Å². The molecule has 5 nitrogen and oxygen atoms in total. The molecule has 5 heteroatoms. The number of anilines is 3. The van der Waals surface area contributed by atoms with Crippen molar-refractivity contribution in [3.8, 4) is 0 Å². The number of nitrogen functional groups attached to an aromatic ring is 2. The van der Waals surface area contributed by atoms with Crippen molar-refractivity contribution in [1.82, 2.24) is 4.98 Å². The van der Waals surface area contributed by atoms with Gasteiger partial charge in [-0.05, 0) is 30.9 Å². The molecule has 17 heavy (non-hydrogen) atoms. The molecule has 0 spiro atoms. The highest BCUT2D eigenvalue weighted by Gasteiger charge is 2.16. The van der Waals surface area contributed by atoms with E-state index in [9.17, 15) is 0 Å². The second-order valence-corrected chi connectivity index (χ2v) is 4.58. The van der Waals surface area contributed by atoms with Crippen molar-refractivity contribution >= 4 is 17.3 Å². The minimum absolute atomic E-state index is 0.404. The number of aromatic nitrogens is 1. The minimum atomic E-state index is 0.404. The first-order valence-electron chi connectivity index (χ1n) is 5.97. The summed E-state index contributed by atoms with van der Waals surface area (Å²) in [5, 5.41) is 0. The molecule has 0 atom stereocenters. The Kier molecular flexibility index (Phi) is 3.68. The highest BCUT2D eigenvalue weighted by molar-refractivity contribution is 5.62. The Balaban J connectivity index is 1.98. The highest BCUT2D eigenvalue weighted by atomic mass is 16.5. The van der Waals surface area contributed by atoms with E-state index < -0.39 is 0 Å². The normalized spacial score (nSPS) is 17.0. The zero-order valence-electron chi connectivity index (χ0n) is 10.2. The van der Waals surface area contributed by atoms with Crippen LogP contribution in [0.3, 0.4) is 0 Å². The molecule has 1 aliphatic rings. The van der Waals surface area contributed by atoms with E-state index in [1.165, 1.54) is 0 Å². The van der Waals surface area contributed by atoms with Crippen molar-refractivity contribution in [1.29, 1.82) is 0 Å². The fourth-order valence-electron chi connectivity index (χ4n) is 2.10. The largest absolute Gasteiger partial charge is 0.396 e. The third-order valence-electron chi connectivity index (χ3n) is 3.21. The maximum atomic E-state index is 5.71. The van der Waals surface area contributed by atoms with Crippen LogP contribution in [0.15, 0.2) is 12.1 Å². The fraction of sp³-hybridized carbons (Fsp3) is 0.583. The summed E-state index contributed by atoms with van der Waals surface area (Å²) in [6, 6.07) is 3.71. The molecule has 1 aromatic rings. The monoisotopic (exact) mass is 236 g/mol. The van der Waals surface area contributed by atoms with Gasteiger partial charge in [0.2, 0.25) is 0 Å². The summed E-state index contributed by atoms with van der Waals surface area (Å²) in [5.41, 5.74) is 11.9. The summed E-state index contributed by atoms with van der Waals surface area (Å²) in [6.07, 6.45) is 2.24. The smallest absolute Gasteiger partial charge is 0.149 e. The first kappa shape index (κ1) is 12.0. The van der Waals surface area contributed by atoms with Crippen molar-refractivity contribution in [2.45, 2.75) is 12.8 Å². The third kappa shape index (κ3) is 3.00. The molecule has 1 saturated heterocycles. The number of nitrogens with two attached hydrogens (primary N) is 2. The second-order valence-electron chi connectivity index (χ2n) is 4.58. The average Bonchev–Trinajstić information content (AvgIpc) is 2.34. The molecule has 1 fully saturated rings. The summed E-state index contributed by atoms with van der Waals surface area (Å²) < 4.78 is 5.35. The van der Waals surface area contributed by atoms with Crippen molar-refractivity contribution in [3.63, 3.8) is 0 Å². The fourth-order valence-corrected chi connectivity index (χ4v) is 2.10. The molecule has 0 saturated carbocycles. The van der Waals surface area contributed by atoms with Crippen LogP contribution in [0.2, 0.25) is 0 Å². The lowest BCUT2D eigenvalue weighted by molar-refractivity contribution is 0.0685. The van der Waals surface area contributed by atoms with Crippen LogP contribution >= 0.6 is 0 Å². The number of ether oxygens (including phenoxy) is 1. The first-order valence-corrected chi connectivity index (χ1v) is 5.97. The van der Waals surface area contributed by atoms with Crippen molar-refractivity contribution < 1.29 is 4.74 Å². The molecule has 0 aromatic carbocycles. The number of pyridine rings is 1. The van der Waals surface area contributed by atoms with E-state index in [2.05, 4.69) is 9.88 Å². The molecule has 0 bridgehead atoms. The van der Waals surface area contributed by atoms with Crippen LogP contribution in [-0.2, 0) is 4.74 Å². The van der Waals surface area contributed by atoms with Gasteiger partial charge in [-0.25, -0.2) is 4.98 Å². The van der Waals surface area contributed by atoms with E-state index in [1.54, 1.807) is 6.07 Å². The van der Waals surface area contributed by atoms with Gasteiger partial charge in [0.1, 0.15) is 11.6 Å². The quantitative estimate of drug-likeness (QED) is 0.822. The highest BCUT2D eigenvalue weighted by Crippen LogP contribution is 2.21. The van der Waals surface area contributed by atoms with E-state index in [0.29, 0.717) is 17.4 Å². The van der Waals surface area contributed by atoms with E-state index in [-0.39, 0.29) is 0 Å². The number of nitrogens with zero attached hydrogens (tertiary/aromatic N) is 2. The first-order chi connectivity index (χ1) is 8.16. The van der Waals surface area contributed by atoms with Crippen LogP contribution in [0.25, 0.3) is 0 Å². The zero-order valence-corrected chi connectivity index (χ0v) is 10.2. The molecule has 94 valence electrons. The Morgan fingerprint density at radius 3 is 2.71 bits per heavy atom. The zero-order chi connectivity index (χ0) is 12.3. The van der Waals surface area contributed by atoms with Gasteiger partial charge in [-0.15, -0.1) is 0 Å². The lowest BCUT2D eigenvalue weighted by Gasteiger charge is -2.27. The van der Waals surface area contributed by atoms with Gasteiger partial charge in [0.05, 0.1) is 5.69 Å². The average molecular weight is 236 g/mol. The molecule has 4 N–H and O–H groups in total. The van der Waals surface area contributed by atoms with Crippen LogP contribution in [-0.4, -0.2) is 31.8 Å². The van der Waals surface area contributed by atoms with Crippen LogP contribution in [0, 0.1) is 5.92 Å². The predicted octanol–water partition coefficient (Wildman–Crippen LogP) is 1.11. The molecule has 1 aliphatic heterocycles. The van der Waals surface area contributed by atoms with Crippen LogP contribution in [0.4, 0.5) is 17.3 Å². The molecule has 2 heterocycles. The van der Waals surface area contributed by atoms with Crippen molar-refractivity contribution in [2.75, 3.05) is 43.2 Å². The molecule has 0 aliphatic carbocycles. The van der Waals surface area contributed by atoms with E-state index in [4.69, 9.17) is 16.2 Å². The van der Waals surface area contributed by atoms with Crippen molar-refractivity contribution in [2.24, 2.45) is 5.92 Å². The van der Waals surface area contributed by atoms with Gasteiger partial charge in [-0.1, -0.05) is 0 Å². The summed E-state index contributed by atoms with van der Waals surface area (Å²) in [7, 11) is 2.04. The Labute approximate surface area is 102 Å². The van der Waals surface area contributed by atoms with Gasteiger partial charge >= 0.3 is 0 Å². The molecular formula is C12H20N4O. The van der Waals surface area contributed by atoms with Gasteiger partial charge in [0.15, 0.2) is 0 Å². The van der Waals surface area contributed by atoms with Gasteiger partial charge in [-0.3, -0.25) is 0 Å². The Hall–Kier alpha value is -1.49. The summed E-state index contributed by atoms with van der Waals surface area (Å²) in [5.74, 6) is 1.96. The van der Waals surface area contributed by atoms with Gasteiger partial charge in [0.25, 0.3) is 0 Å². The van der Waals surface area contributed by atoms with Crippen LogP contribution in [0.1, 0.15) is 12.8 Å². The minimum Gasteiger partial charge on any atom is -0.396 e. The topological polar surface area (TPSA) is 77.4 Å². The van der Waals surface area contributed by atoms with Crippen molar-refractivity contribution in [3.05, 3.63) is 12.1 Å². The van der Waals surface area contributed by atoms with Gasteiger partial charge < -0.3 is 21.1 Å². The van der Waals surface area contributed by atoms with Crippen LogP contribution in [0.5, 0.6) is 0 Å². The van der Waals surface area contributed by atoms with E-state index >= 15 is 0 Å². The molecule has 0 amide bonds. The predicted molar refractivity (Wildman–Crippen MR) is 69.9 cm³/mol. The van der Waals surface area contributed by atoms with E-state index in [0.717, 1.165) is 38.4 Å². The summed E-state index contributed by atoms with van der Waals surface area (Å²) in [6.45, 7) is 2.73. The Morgan fingerprint density at radius 2 is 2.06 bits per heavy atom. The molecule has 0 radical (unpaired) electrons. The van der Waals surface area contributed by atoms with Gasteiger partial charge in [0, 0.05) is 26.8 Å². The third-order valence-corrected chi connectivity index (χ3v) is 3.21. The Bertz CT molecular complexity index is 377. The lowest BCUT2D eigenvalue weighted by Crippen LogP contribution is -2.30. The SMILES string of the molecule is CN(CC1CCOCC1)c1ccc(N)c(N)n1. The molecule has 2 rings (SSSR count). The number of hydrogen-bond acceptors (Lipinski definition) is 5. The van der Waals surface area contributed by atoms with E-state index in [1.807, 2.05) is 13.1 Å². The molecular weight excluding hydrogens is 216 g/mol. The maximum Gasteiger partial charge on any atom is 0.149 e. The summed E-state index contributed by atoms with van der Waals surface area (Å²) >= 11 is 0. The maximum absolute atomic E-state index is 5.71.